The van der Waals surface area contributed by atoms with Crippen LogP contribution in [0.1, 0.15) is 0 Å². The maximum Gasteiger partial charge on any atom is 0.339 e. The summed E-state index contributed by atoms with van der Waals surface area (Å²) in [4.78, 5) is 6.05. The molecule has 0 amide bonds. The van der Waals surface area contributed by atoms with Crippen molar-refractivity contribution in [3.05, 3.63) is 42.5 Å². The summed E-state index contributed by atoms with van der Waals surface area (Å²) in [6, 6.07) is 11.5. The van der Waals surface area contributed by atoms with Crippen LogP contribution in [-0.4, -0.2) is 27.5 Å². The molecule has 0 aliphatic rings. The standard InChI is InChI=1S/C15H15N3O3S2/c1-18(2)10-4-3-5-11(8-10)21-23(19,20)12-6-7-13-14(9-12)22-15(16)17-13/h3-9H,1-2H3,(H2,16,17). The van der Waals surface area contributed by atoms with Gasteiger partial charge in [-0.1, -0.05) is 17.4 Å². The van der Waals surface area contributed by atoms with Crippen LogP contribution in [0.25, 0.3) is 10.2 Å². The second kappa shape index (κ2) is 5.71. The van der Waals surface area contributed by atoms with E-state index in [1.807, 2.05) is 25.1 Å². The zero-order chi connectivity index (χ0) is 16.6. The number of rotatable bonds is 4. The smallest absolute Gasteiger partial charge is 0.339 e. The molecule has 0 unspecified atom stereocenters. The summed E-state index contributed by atoms with van der Waals surface area (Å²) in [5.74, 6) is 0.264. The van der Waals surface area contributed by atoms with Gasteiger partial charge in [0.2, 0.25) is 0 Å². The molecule has 2 N–H and O–H groups in total. The molecule has 0 saturated heterocycles. The first-order chi connectivity index (χ1) is 10.8. The molecule has 0 spiro atoms. The Morgan fingerprint density at radius 2 is 1.96 bits per heavy atom. The number of aromatic nitrogens is 1. The molecule has 0 fully saturated rings. The third-order valence-electron chi connectivity index (χ3n) is 3.21. The van der Waals surface area contributed by atoms with Gasteiger partial charge in [0.25, 0.3) is 0 Å². The lowest BCUT2D eigenvalue weighted by atomic mass is 10.3. The fourth-order valence-electron chi connectivity index (χ4n) is 2.07. The lowest BCUT2D eigenvalue weighted by Crippen LogP contribution is -2.11. The van der Waals surface area contributed by atoms with E-state index in [1.165, 1.54) is 23.5 Å². The number of anilines is 2. The number of nitrogens with two attached hydrogens (primary N) is 1. The SMILES string of the molecule is CN(C)c1cccc(OS(=O)(=O)c2ccc3nc(N)sc3c2)c1. The number of benzene rings is 2. The molecule has 3 aromatic rings. The summed E-state index contributed by atoms with van der Waals surface area (Å²) < 4.78 is 30.8. The number of fused-ring (bicyclic) bond motifs is 1. The summed E-state index contributed by atoms with van der Waals surface area (Å²) in [6.07, 6.45) is 0. The summed E-state index contributed by atoms with van der Waals surface area (Å²) in [5.41, 5.74) is 7.16. The number of nitrogen functional groups attached to an aromatic ring is 1. The van der Waals surface area contributed by atoms with Gasteiger partial charge in [-0.15, -0.1) is 0 Å². The lowest BCUT2D eigenvalue weighted by Gasteiger charge is -2.14. The minimum Gasteiger partial charge on any atom is -0.379 e. The van der Waals surface area contributed by atoms with Crippen molar-refractivity contribution in [2.75, 3.05) is 24.7 Å². The molecule has 0 aliphatic heterocycles. The van der Waals surface area contributed by atoms with Gasteiger partial charge < -0.3 is 14.8 Å². The first-order valence-electron chi connectivity index (χ1n) is 6.73. The van der Waals surface area contributed by atoms with E-state index in [9.17, 15) is 8.42 Å². The normalized spacial score (nSPS) is 11.6. The van der Waals surface area contributed by atoms with Gasteiger partial charge in [-0.05, 0) is 30.3 Å². The van der Waals surface area contributed by atoms with Gasteiger partial charge in [-0.2, -0.15) is 8.42 Å². The largest absolute Gasteiger partial charge is 0.379 e. The van der Waals surface area contributed by atoms with Crippen LogP contribution >= 0.6 is 11.3 Å². The van der Waals surface area contributed by atoms with E-state index < -0.39 is 10.1 Å². The van der Waals surface area contributed by atoms with E-state index in [2.05, 4.69) is 4.98 Å². The zero-order valence-corrected chi connectivity index (χ0v) is 14.2. The molecular weight excluding hydrogens is 334 g/mol. The minimum absolute atomic E-state index is 0.0731. The molecule has 1 heterocycles. The Morgan fingerprint density at radius 1 is 1.17 bits per heavy atom. The van der Waals surface area contributed by atoms with E-state index in [4.69, 9.17) is 9.92 Å². The first kappa shape index (κ1) is 15.6. The van der Waals surface area contributed by atoms with Crippen LogP contribution in [0.15, 0.2) is 47.4 Å². The Balaban J connectivity index is 1.95. The van der Waals surface area contributed by atoms with Gasteiger partial charge in [-0.25, -0.2) is 4.98 Å². The van der Waals surface area contributed by atoms with Crippen LogP contribution in [0.4, 0.5) is 10.8 Å². The highest BCUT2D eigenvalue weighted by Crippen LogP contribution is 2.28. The Bertz CT molecular complexity index is 965. The molecule has 0 radical (unpaired) electrons. The molecule has 1 aromatic heterocycles. The van der Waals surface area contributed by atoms with Crippen LogP contribution < -0.4 is 14.8 Å². The third-order valence-corrected chi connectivity index (χ3v) is 5.30. The van der Waals surface area contributed by atoms with E-state index in [-0.39, 0.29) is 10.6 Å². The molecule has 0 saturated carbocycles. The lowest BCUT2D eigenvalue weighted by molar-refractivity contribution is 0.486. The van der Waals surface area contributed by atoms with Gasteiger partial charge in [0.15, 0.2) is 5.13 Å². The maximum absolute atomic E-state index is 12.5. The summed E-state index contributed by atoms with van der Waals surface area (Å²) in [7, 11) is -0.177. The van der Waals surface area contributed by atoms with Crippen LogP contribution in [0.3, 0.4) is 0 Å². The highest BCUT2D eigenvalue weighted by Gasteiger charge is 2.18. The molecule has 0 bridgehead atoms. The van der Waals surface area contributed by atoms with E-state index in [0.717, 1.165) is 5.69 Å². The fraction of sp³-hybridized carbons (Fsp3) is 0.133. The van der Waals surface area contributed by atoms with Crippen LogP contribution in [0.5, 0.6) is 5.75 Å². The van der Waals surface area contributed by atoms with Crippen molar-refractivity contribution in [1.29, 1.82) is 0 Å². The van der Waals surface area contributed by atoms with Crippen molar-refractivity contribution < 1.29 is 12.6 Å². The molecule has 3 rings (SSSR count). The highest BCUT2D eigenvalue weighted by atomic mass is 32.2. The molecular formula is C15H15N3O3S2. The average molecular weight is 349 g/mol. The van der Waals surface area contributed by atoms with Crippen molar-refractivity contribution >= 4 is 42.5 Å². The molecule has 0 aliphatic carbocycles. The van der Waals surface area contributed by atoms with Gasteiger partial charge in [0, 0.05) is 25.8 Å². The van der Waals surface area contributed by atoms with Crippen molar-refractivity contribution in [3.63, 3.8) is 0 Å². The van der Waals surface area contributed by atoms with Crippen LogP contribution in [0, 0.1) is 0 Å². The van der Waals surface area contributed by atoms with Gasteiger partial charge in [0.05, 0.1) is 10.2 Å². The molecule has 120 valence electrons. The number of hydrogen-bond acceptors (Lipinski definition) is 7. The van der Waals surface area contributed by atoms with E-state index in [1.54, 1.807) is 24.3 Å². The van der Waals surface area contributed by atoms with E-state index >= 15 is 0 Å². The zero-order valence-electron chi connectivity index (χ0n) is 12.6. The Morgan fingerprint density at radius 3 is 2.70 bits per heavy atom. The number of thiazole rings is 1. The number of nitrogens with zero attached hydrogens (tertiary/aromatic N) is 2. The van der Waals surface area contributed by atoms with Crippen LogP contribution in [-0.2, 0) is 10.1 Å². The molecule has 23 heavy (non-hydrogen) atoms. The molecule has 2 aromatic carbocycles. The second-order valence-electron chi connectivity index (χ2n) is 5.11. The first-order valence-corrected chi connectivity index (χ1v) is 8.95. The van der Waals surface area contributed by atoms with E-state index in [0.29, 0.717) is 15.3 Å². The predicted octanol–water partition coefficient (Wildman–Crippen LogP) is 2.71. The van der Waals surface area contributed by atoms with Gasteiger partial charge >= 0.3 is 10.1 Å². The van der Waals surface area contributed by atoms with Crippen molar-refractivity contribution in [1.82, 2.24) is 4.98 Å². The minimum atomic E-state index is -3.92. The Hall–Kier alpha value is -2.32. The predicted molar refractivity (Wildman–Crippen MR) is 92.6 cm³/mol. The third kappa shape index (κ3) is 3.22. The van der Waals surface area contributed by atoms with Crippen molar-refractivity contribution in [2.45, 2.75) is 4.90 Å². The monoisotopic (exact) mass is 349 g/mol. The summed E-state index contributed by atoms with van der Waals surface area (Å²) in [5, 5.41) is 0.397. The fourth-order valence-corrected chi connectivity index (χ4v) is 3.86. The Kier molecular flexibility index (Phi) is 3.87. The van der Waals surface area contributed by atoms with Gasteiger partial charge in [-0.3, -0.25) is 0 Å². The average Bonchev–Trinajstić information content (AvgIpc) is 2.86. The molecule has 8 heteroatoms. The maximum atomic E-state index is 12.5. The van der Waals surface area contributed by atoms with Crippen molar-refractivity contribution in [3.8, 4) is 5.75 Å². The van der Waals surface area contributed by atoms with Gasteiger partial charge in [0.1, 0.15) is 10.6 Å². The van der Waals surface area contributed by atoms with Crippen molar-refractivity contribution in [2.24, 2.45) is 0 Å². The van der Waals surface area contributed by atoms with Crippen LogP contribution in [0.2, 0.25) is 0 Å². The summed E-state index contributed by atoms with van der Waals surface area (Å²) >= 11 is 1.24. The molecule has 6 nitrogen and oxygen atoms in total. The summed E-state index contributed by atoms with van der Waals surface area (Å²) in [6.45, 7) is 0. The highest BCUT2D eigenvalue weighted by molar-refractivity contribution is 7.87. The topological polar surface area (TPSA) is 85.5 Å². The quantitative estimate of drug-likeness (QED) is 0.729. The Labute approximate surface area is 138 Å². The second-order valence-corrected chi connectivity index (χ2v) is 7.72. The molecule has 0 atom stereocenters. The number of hydrogen-bond donors (Lipinski definition) is 1.